The molecule has 0 fully saturated rings. The van der Waals surface area contributed by atoms with Crippen molar-refractivity contribution in [1.82, 2.24) is 10.3 Å². The molecule has 0 unspecified atom stereocenters. The number of nitrogens with zero attached hydrogens (tertiary/aromatic N) is 1. The van der Waals surface area contributed by atoms with Crippen molar-refractivity contribution in [3.05, 3.63) is 87.0 Å². The molecule has 2 N–H and O–H groups in total. The number of fused-ring (bicyclic) bond motifs is 2. The van der Waals surface area contributed by atoms with Crippen LogP contribution < -0.4 is 15.4 Å². The van der Waals surface area contributed by atoms with Gasteiger partial charge in [-0.25, -0.2) is 4.98 Å². The number of carbonyl (C=O) groups excluding carboxylic acids is 1. The van der Waals surface area contributed by atoms with E-state index in [9.17, 15) is 4.79 Å². The summed E-state index contributed by atoms with van der Waals surface area (Å²) in [5.74, 6) is 0.526. The standard InChI is InChI=1S/C26H17ClIN3O3S/c1-33-23-11-15-5-3-2-4-14(15)10-19(23)24(32)31-26(35)29-17-7-9-22-21(13-17)30-25(34-22)18-12-16(28)6-8-20(18)27/h2-13H,1H3,(H2,29,31,32,35). The Balaban J connectivity index is 1.35. The second kappa shape index (κ2) is 9.80. The van der Waals surface area contributed by atoms with Gasteiger partial charge in [0, 0.05) is 9.26 Å². The number of methoxy groups -OCH3 is 1. The normalized spacial score (nSPS) is 10.9. The highest BCUT2D eigenvalue weighted by atomic mass is 127. The molecular formula is C26H17ClIN3O3S. The molecule has 5 aromatic rings. The SMILES string of the molecule is COc1cc2ccccc2cc1C(=O)NC(=S)Nc1ccc2oc(-c3cc(I)ccc3Cl)nc2c1. The molecule has 0 spiro atoms. The predicted molar refractivity (Wildman–Crippen MR) is 151 cm³/mol. The minimum absolute atomic E-state index is 0.147. The lowest BCUT2D eigenvalue weighted by Crippen LogP contribution is -2.34. The van der Waals surface area contributed by atoms with E-state index in [1.165, 1.54) is 7.11 Å². The van der Waals surface area contributed by atoms with E-state index >= 15 is 0 Å². The van der Waals surface area contributed by atoms with Crippen molar-refractivity contribution in [3.8, 4) is 17.2 Å². The molecule has 5 rings (SSSR count). The van der Waals surface area contributed by atoms with Crippen molar-refractivity contribution in [1.29, 1.82) is 0 Å². The molecule has 1 amide bonds. The van der Waals surface area contributed by atoms with Gasteiger partial charge in [0.05, 0.1) is 23.3 Å². The summed E-state index contributed by atoms with van der Waals surface area (Å²) in [6.45, 7) is 0. The largest absolute Gasteiger partial charge is 0.496 e. The Kier molecular flexibility index (Phi) is 6.59. The maximum atomic E-state index is 12.9. The summed E-state index contributed by atoms with van der Waals surface area (Å²) in [4.78, 5) is 17.5. The summed E-state index contributed by atoms with van der Waals surface area (Å²) < 4.78 is 12.3. The first-order chi connectivity index (χ1) is 16.9. The third-order valence-electron chi connectivity index (χ3n) is 5.34. The van der Waals surface area contributed by atoms with Crippen molar-refractivity contribution < 1.29 is 13.9 Å². The first-order valence-corrected chi connectivity index (χ1v) is 12.3. The zero-order chi connectivity index (χ0) is 24.5. The highest BCUT2D eigenvalue weighted by Crippen LogP contribution is 2.32. The fourth-order valence-electron chi connectivity index (χ4n) is 3.68. The Bertz CT molecular complexity index is 1620. The van der Waals surface area contributed by atoms with E-state index in [1.54, 1.807) is 24.3 Å². The lowest BCUT2D eigenvalue weighted by molar-refractivity contribution is 0.0975. The van der Waals surface area contributed by atoms with Crippen molar-refractivity contribution in [2.75, 3.05) is 12.4 Å². The Morgan fingerprint density at radius 2 is 1.83 bits per heavy atom. The molecular weight excluding hydrogens is 597 g/mol. The van der Waals surface area contributed by atoms with Crippen LogP contribution in [-0.4, -0.2) is 23.1 Å². The van der Waals surface area contributed by atoms with E-state index in [1.807, 2.05) is 48.5 Å². The van der Waals surface area contributed by atoms with Crippen LogP contribution in [0.5, 0.6) is 5.75 Å². The van der Waals surface area contributed by atoms with E-state index in [0.29, 0.717) is 39.0 Å². The van der Waals surface area contributed by atoms with Gasteiger partial charge < -0.3 is 14.5 Å². The van der Waals surface area contributed by atoms with Crippen LogP contribution in [-0.2, 0) is 0 Å². The average molecular weight is 614 g/mol. The molecule has 0 bridgehead atoms. The van der Waals surface area contributed by atoms with Gasteiger partial charge >= 0.3 is 0 Å². The van der Waals surface area contributed by atoms with E-state index in [2.05, 4.69) is 38.2 Å². The molecule has 1 aromatic heterocycles. The quantitative estimate of drug-likeness (QED) is 0.167. The minimum Gasteiger partial charge on any atom is -0.496 e. The third kappa shape index (κ3) is 4.95. The minimum atomic E-state index is -0.372. The van der Waals surface area contributed by atoms with E-state index < -0.39 is 0 Å². The Hall–Kier alpha value is -3.21. The molecule has 0 saturated heterocycles. The van der Waals surface area contributed by atoms with Gasteiger partial charge in [0.1, 0.15) is 11.3 Å². The third-order valence-corrected chi connectivity index (χ3v) is 6.55. The van der Waals surface area contributed by atoms with Gasteiger partial charge in [0.25, 0.3) is 5.91 Å². The molecule has 0 radical (unpaired) electrons. The summed E-state index contributed by atoms with van der Waals surface area (Å²) in [5.41, 5.74) is 3.00. The van der Waals surface area contributed by atoms with E-state index in [0.717, 1.165) is 19.9 Å². The molecule has 0 atom stereocenters. The van der Waals surface area contributed by atoms with Crippen molar-refractivity contribution in [2.24, 2.45) is 0 Å². The van der Waals surface area contributed by atoms with Crippen LogP contribution >= 0.6 is 46.4 Å². The Morgan fingerprint density at radius 1 is 1.06 bits per heavy atom. The molecule has 0 saturated carbocycles. The van der Waals surface area contributed by atoms with Crippen LogP contribution in [0.25, 0.3) is 33.3 Å². The lowest BCUT2D eigenvalue weighted by Gasteiger charge is -2.12. The molecule has 0 aliphatic rings. The van der Waals surface area contributed by atoms with Gasteiger partial charge in [-0.1, -0.05) is 35.9 Å². The van der Waals surface area contributed by atoms with Crippen molar-refractivity contribution in [2.45, 2.75) is 0 Å². The van der Waals surface area contributed by atoms with Gasteiger partial charge in [-0.3, -0.25) is 10.1 Å². The van der Waals surface area contributed by atoms with E-state index in [-0.39, 0.29) is 11.0 Å². The van der Waals surface area contributed by atoms with Crippen molar-refractivity contribution in [3.63, 3.8) is 0 Å². The van der Waals surface area contributed by atoms with E-state index in [4.69, 9.17) is 33.0 Å². The van der Waals surface area contributed by atoms with Gasteiger partial charge in [0.2, 0.25) is 5.89 Å². The predicted octanol–water partition coefficient (Wildman–Crippen LogP) is 7.04. The monoisotopic (exact) mass is 613 g/mol. The highest BCUT2D eigenvalue weighted by molar-refractivity contribution is 14.1. The number of ether oxygens (including phenoxy) is 1. The zero-order valence-corrected chi connectivity index (χ0v) is 22.0. The molecule has 0 aliphatic carbocycles. The molecule has 4 aromatic carbocycles. The van der Waals surface area contributed by atoms with Crippen LogP contribution in [0, 0.1) is 3.57 Å². The number of halogens is 2. The molecule has 174 valence electrons. The molecule has 0 aliphatic heterocycles. The number of thiocarbonyl (C=S) groups is 1. The number of carbonyl (C=O) groups is 1. The molecule has 9 heteroatoms. The fourth-order valence-corrected chi connectivity index (χ4v) is 4.58. The number of hydrogen-bond donors (Lipinski definition) is 2. The number of rotatable bonds is 4. The van der Waals surface area contributed by atoms with Gasteiger partial charge in [-0.2, -0.15) is 0 Å². The van der Waals surface area contributed by atoms with Crippen LogP contribution in [0.2, 0.25) is 5.02 Å². The number of benzene rings is 4. The Labute approximate surface area is 224 Å². The molecule has 6 nitrogen and oxygen atoms in total. The summed E-state index contributed by atoms with van der Waals surface area (Å²) in [6.07, 6.45) is 0. The maximum Gasteiger partial charge on any atom is 0.261 e. The first kappa shape index (κ1) is 23.5. The van der Waals surface area contributed by atoms with Crippen molar-refractivity contribution >= 4 is 85.0 Å². The average Bonchev–Trinajstić information content (AvgIpc) is 3.27. The lowest BCUT2D eigenvalue weighted by atomic mass is 10.1. The van der Waals surface area contributed by atoms with Gasteiger partial charge in [-0.15, -0.1) is 0 Å². The number of oxazole rings is 1. The fraction of sp³-hybridized carbons (Fsp3) is 0.0385. The second-order valence-electron chi connectivity index (χ2n) is 7.63. The van der Waals surface area contributed by atoms with Crippen LogP contribution in [0.1, 0.15) is 10.4 Å². The number of nitrogens with one attached hydrogen (secondary N) is 2. The van der Waals surface area contributed by atoms with Crippen LogP contribution in [0.15, 0.2) is 77.2 Å². The smallest absolute Gasteiger partial charge is 0.261 e. The zero-order valence-electron chi connectivity index (χ0n) is 18.3. The highest BCUT2D eigenvalue weighted by Gasteiger charge is 2.16. The molecule has 1 heterocycles. The summed E-state index contributed by atoms with van der Waals surface area (Å²) >= 11 is 13.9. The number of amides is 1. The number of hydrogen-bond acceptors (Lipinski definition) is 5. The Morgan fingerprint density at radius 3 is 2.60 bits per heavy atom. The maximum absolute atomic E-state index is 12.9. The second-order valence-corrected chi connectivity index (χ2v) is 9.69. The first-order valence-electron chi connectivity index (χ1n) is 10.5. The van der Waals surface area contributed by atoms with Gasteiger partial charge in [-0.05, 0) is 94.1 Å². The number of anilines is 1. The summed E-state index contributed by atoms with van der Waals surface area (Å²) in [7, 11) is 1.53. The number of aromatic nitrogens is 1. The molecule has 35 heavy (non-hydrogen) atoms. The summed E-state index contributed by atoms with van der Waals surface area (Å²) in [6, 6.07) is 22.4. The van der Waals surface area contributed by atoms with Crippen LogP contribution in [0.4, 0.5) is 5.69 Å². The topological polar surface area (TPSA) is 76.4 Å². The summed E-state index contributed by atoms with van der Waals surface area (Å²) in [5, 5.41) is 8.36. The van der Waals surface area contributed by atoms with Crippen LogP contribution in [0.3, 0.4) is 0 Å². The van der Waals surface area contributed by atoms with Gasteiger partial charge in [0.15, 0.2) is 10.7 Å².